The van der Waals surface area contributed by atoms with Crippen LogP contribution in [0.15, 0.2) is 212 Å². The molecule has 62 heavy (non-hydrogen) atoms. The number of benzene rings is 10. The molecular weight excluding hydrogens is 755 g/mol. The Morgan fingerprint density at radius 1 is 0.258 bits per heavy atom. The van der Waals surface area contributed by atoms with Crippen LogP contribution in [0.2, 0.25) is 0 Å². The summed E-state index contributed by atoms with van der Waals surface area (Å²) in [5.74, 6) is 1.93. The lowest BCUT2D eigenvalue weighted by Crippen LogP contribution is -2.00. The van der Waals surface area contributed by atoms with Gasteiger partial charge in [0.05, 0.1) is 27.8 Å². The van der Waals surface area contributed by atoms with Crippen molar-refractivity contribution in [2.24, 2.45) is 0 Å². The Bertz CT molecular complexity index is 3850. The number of fused-ring (bicyclic) bond motifs is 12. The van der Waals surface area contributed by atoms with Crippen molar-refractivity contribution < 1.29 is 0 Å². The predicted molar refractivity (Wildman–Crippen MR) is 257 cm³/mol. The molecule has 5 nitrogen and oxygen atoms in total. The maximum Gasteiger partial charge on any atom is 0.164 e. The van der Waals surface area contributed by atoms with E-state index >= 15 is 0 Å². The summed E-state index contributed by atoms with van der Waals surface area (Å²) in [5, 5.41) is 12.1. The van der Waals surface area contributed by atoms with Gasteiger partial charge in [0.15, 0.2) is 17.5 Å². The second-order valence-corrected chi connectivity index (χ2v) is 16.0. The number of para-hydroxylation sites is 3. The minimum absolute atomic E-state index is 0.636. The molecule has 13 aromatic rings. The van der Waals surface area contributed by atoms with E-state index in [-0.39, 0.29) is 0 Å². The molecule has 0 unspecified atom stereocenters. The predicted octanol–water partition coefficient (Wildman–Crippen LogP) is 14.5. The van der Waals surface area contributed by atoms with Crippen molar-refractivity contribution in [1.29, 1.82) is 0 Å². The van der Waals surface area contributed by atoms with E-state index in [1.807, 2.05) is 36.4 Å². The van der Waals surface area contributed by atoms with Gasteiger partial charge in [0.2, 0.25) is 0 Å². The van der Waals surface area contributed by atoms with Gasteiger partial charge in [0, 0.05) is 49.3 Å². The van der Waals surface area contributed by atoms with Gasteiger partial charge in [-0.25, -0.2) is 15.0 Å². The maximum absolute atomic E-state index is 5.12. The second-order valence-electron chi connectivity index (χ2n) is 16.0. The van der Waals surface area contributed by atoms with Crippen LogP contribution in [-0.2, 0) is 0 Å². The third kappa shape index (κ3) is 5.18. The number of hydrogen-bond donors (Lipinski definition) is 0. The van der Waals surface area contributed by atoms with E-state index in [1.54, 1.807) is 0 Å². The first kappa shape index (κ1) is 34.5. The lowest BCUT2D eigenvalue weighted by molar-refractivity contribution is 1.07. The first-order chi connectivity index (χ1) is 30.8. The van der Waals surface area contributed by atoms with Crippen molar-refractivity contribution >= 4 is 75.9 Å². The molecule has 0 amide bonds. The minimum atomic E-state index is 0.636. The summed E-state index contributed by atoms with van der Waals surface area (Å²) in [6, 6.07) is 75.8. The van der Waals surface area contributed by atoms with E-state index in [9.17, 15) is 0 Å². The smallest absolute Gasteiger partial charge is 0.164 e. The van der Waals surface area contributed by atoms with Crippen LogP contribution >= 0.6 is 0 Å². The van der Waals surface area contributed by atoms with Crippen molar-refractivity contribution in [3.05, 3.63) is 212 Å². The Labute approximate surface area is 356 Å². The second kappa shape index (κ2) is 13.6. The molecule has 0 aliphatic heterocycles. The van der Waals surface area contributed by atoms with Crippen LogP contribution in [0.5, 0.6) is 0 Å². The van der Waals surface area contributed by atoms with Gasteiger partial charge in [0.25, 0.3) is 0 Å². The van der Waals surface area contributed by atoms with Gasteiger partial charge in [-0.2, -0.15) is 0 Å². The van der Waals surface area contributed by atoms with E-state index < -0.39 is 0 Å². The molecule has 0 fully saturated rings. The van der Waals surface area contributed by atoms with Gasteiger partial charge >= 0.3 is 0 Å². The molecule has 0 bridgehead atoms. The Morgan fingerprint density at radius 3 is 1.35 bits per heavy atom. The first-order valence-electron chi connectivity index (χ1n) is 21.0. The fraction of sp³-hybridized carbons (Fsp3) is 0. The summed E-state index contributed by atoms with van der Waals surface area (Å²) in [6.07, 6.45) is 0. The molecule has 3 heterocycles. The zero-order chi connectivity index (χ0) is 40.7. The lowest BCUT2D eigenvalue weighted by atomic mass is 9.92. The standard InChI is InChI=1S/C57H35N5/c1-4-17-36(18-5-1)55-58-56(37-19-6-2-7-20-37)60-57(59-55)38-31-32-45-46(33-38)41-24-11-10-23-40(41)44-27-16-30-51(54(44)45)62-50-29-15-13-26-43(50)48-34-47-42-25-12-14-28-49(42)61(52(47)35-53(48)62)39-21-8-3-9-22-39/h1-35H. The molecule has 10 aromatic carbocycles. The molecule has 0 radical (unpaired) electrons. The third-order valence-electron chi connectivity index (χ3n) is 12.5. The number of nitrogens with zero attached hydrogens (tertiary/aromatic N) is 5. The highest BCUT2D eigenvalue weighted by atomic mass is 15.0. The largest absolute Gasteiger partial charge is 0.309 e. The van der Waals surface area contributed by atoms with Crippen LogP contribution in [-0.4, -0.2) is 24.1 Å². The van der Waals surface area contributed by atoms with Crippen LogP contribution in [0.25, 0.3) is 121 Å². The maximum atomic E-state index is 5.12. The number of rotatable bonds is 5. The van der Waals surface area contributed by atoms with E-state index in [0.29, 0.717) is 17.5 Å². The molecule has 0 spiro atoms. The van der Waals surface area contributed by atoms with Crippen molar-refractivity contribution in [2.75, 3.05) is 0 Å². The third-order valence-corrected chi connectivity index (χ3v) is 12.5. The van der Waals surface area contributed by atoms with Gasteiger partial charge < -0.3 is 9.13 Å². The Kier molecular flexibility index (Phi) is 7.54. The highest BCUT2D eigenvalue weighted by molar-refractivity contribution is 6.28. The van der Waals surface area contributed by atoms with Crippen LogP contribution in [0.4, 0.5) is 0 Å². The zero-order valence-electron chi connectivity index (χ0n) is 33.4. The van der Waals surface area contributed by atoms with Gasteiger partial charge in [-0.3, -0.25) is 0 Å². The van der Waals surface area contributed by atoms with Crippen molar-refractivity contribution in [3.8, 4) is 45.5 Å². The molecule has 0 atom stereocenters. The Morgan fingerprint density at radius 2 is 0.726 bits per heavy atom. The van der Waals surface area contributed by atoms with Crippen molar-refractivity contribution in [1.82, 2.24) is 24.1 Å². The first-order valence-corrected chi connectivity index (χ1v) is 21.0. The van der Waals surface area contributed by atoms with E-state index in [2.05, 4.69) is 185 Å². The molecule has 13 rings (SSSR count). The summed E-state index contributed by atoms with van der Waals surface area (Å²) in [5.41, 5.74) is 9.81. The number of hydrogen-bond acceptors (Lipinski definition) is 3. The van der Waals surface area contributed by atoms with Crippen molar-refractivity contribution in [2.45, 2.75) is 0 Å². The van der Waals surface area contributed by atoms with Crippen molar-refractivity contribution in [3.63, 3.8) is 0 Å². The fourth-order valence-electron chi connectivity index (χ4n) is 9.79. The average molecular weight is 790 g/mol. The molecule has 0 saturated heterocycles. The van der Waals surface area contributed by atoms with Crippen LogP contribution in [0.3, 0.4) is 0 Å². The van der Waals surface area contributed by atoms with Crippen LogP contribution < -0.4 is 0 Å². The topological polar surface area (TPSA) is 48.5 Å². The quantitative estimate of drug-likeness (QED) is 0.163. The molecule has 0 saturated carbocycles. The van der Waals surface area contributed by atoms with Crippen LogP contribution in [0, 0.1) is 0 Å². The zero-order valence-corrected chi connectivity index (χ0v) is 33.4. The highest BCUT2D eigenvalue weighted by Gasteiger charge is 2.22. The summed E-state index contributed by atoms with van der Waals surface area (Å²) < 4.78 is 4.90. The number of aromatic nitrogens is 5. The molecule has 0 N–H and O–H groups in total. The van der Waals surface area contributed by atoms with E-state index in [1.165, 1.54) is 65.0 Å². The molecule has 288 valence electrons. The van der Waals surface area contributed by atoms with Gasteiger partial charge in [0.1, 0.15) is 0 Å². The molecule has 3 aromatic heterocycles. The lowest BCUT2D eigenvalue weighted by Gasteiger charge is -2.17. The highest BCUT2D eigenvalue weighted by Crippen LogP contribution is 2.44. The minimum Gasteiger partial charge on any atom is -0.309 e. The Balaban J connectivity index is 1.11. The van der Waals surface area contributed by atoms with Gasteiger partial charge in [-0.05, 0) is 75.5 Å². The monoisotopic (exact) mass is 789 g/mol. The summed E-state index contributed by atoms with van der Waals surface area (Å²) in [7, 11) is 0. The van der Waals surface area contributed by atoms with Gasteiger partial charge in [-0.1, -0.05) is 164 Å². The molecular formula is C57H35N5. The molecule has 0 aliphatic rings. The Hall–Kier alpha value is -8.41. The van der Waals surface area contributed by atoms with E-state index in [4.69, 9.17) is 15.0 Å². The molecule has 0 aliphatic carbocycles. The van der Waals surface area contributed by atoms with E-state index in [0.717, 1.165) is 39.0 Å². The molecule has 5 heteroatoms. The summed E-state index contributed by atoms with van der Waals surface area (Å²) in [6.45, 7) is 0. The SMILES string of the molecule is c1ccc(-c2nc(-c3ccccc3)nc(-c3ccc4c(c3)c3ccccc3c3cccc(-n5c6ccccc6c6cc7c8ccccc8n(-c8ccccc8)c7cc65)c34)n2)cc1. The average Bonchev–Trinajstić information content (AvgIpc) is 3.85. The summed E-state index contributed by atoms with van der Waals surface area (Å²) >= 11 is 0. The summed E-state index contributed by atoms with van der Waals surface area (Å²) in [4.78, 5) is 15.2. The normalized spacial score (nSPS) is 11.9. The fourth-order valence-corrected chi connectivity index (χ4v) is 9.79. The van der Waals surface area contributed by atoms with Gasteiger partial charge in [-0.15, -0.1) is 0 Å². The van der Waals surface area contributed by atoms with Crippen LogP contribution in [0.1, 0.15) is 0 Å².